The van der Waals surface area contributed by atoms with E-state index in [2.05, 4.69) is 0 Å². The van der Waals surface area contributed by atoms with Gasteiger partial charge in [-0.05, 0) is 18.6 Å². The molecule has 0 bridgehead atoms. The van der Waals surface area contributed by atoms with Crippen LogP contribution in [-0.2, 0) is 0 Å². The number of benzene rings is 1. The van der Waals surface area contributed by atoms with Gasteiger partial charge in [0.2, 0.25) is 0 Å². The zero-order valence-corrected chi connectivity index (χ0v) is 7.22. The number of nitro groups is 1. The first kappa shape index (κ1) is 12.9. The third kappa shape index (κ3) is 2.43. The first-order valence-electron chi connectivity index (χ1n) is 3.64. The van der Waals surface area contributed by atoms with Gasteiger partial charge in [-0.15, -0.1) is 0 Å². The predicted octanol–water partition coefficient (Wildman–Crippen LogP) is 1.94. The van der Waals surface area contributed by atoms with E-state index in [-0.39, 0.29) is 18.6 Å². The molecule has 6 heteroatoms. The van der Waals surface area contributed by atoms with Crippen LogP contribution in [0.5, 0.6) is 5.75 Å². The number of phenolic OH excluding ortho intramolecular Hbond substituents is 1. The molecule has 0 unspecified atom stereocenters. The van der Waals surface area contributed by atoms with E-state index >= 15 is 0 Å². The van der Waals surface area contributed by atoms with Gasteiger partial charge in [0.05, 0.1) is 10.5 Å². The smallest absolute Gasteiger partial charge is 0.335 e. The van der Waals surface area contributed by atoms with E-state index in [1.807, 2.05) is 0 Å². The monoisotopic (exact) mass is 213 g/mol. The first-order chi connectivity index (χ1) is 6.43. The Hall–Kier alpha value is -2.11. The van der Waals surface area contributed by atoms with Gasteiger partial charge in [-0.2, -0.15) is 0 Å². The van der Waals surface area contributed by atoms with E-state index in [1.54, 1.807) is 0 Å². The lowest BCUT2D eigenvalue weighted by molar-refractivity contribution is -0.385. The normalized spacial score (nSPS) is 9.13. The average molecular weight is 213 g/mol. The van der Waals surface area contributed by atoms with Crippen molar-refractivity contribution in [3.63, 3.8) is 0 Å². The van der Waals surface area contributed by atoms with Crippen LogP contribution in [0, 0.1) is 17.0 Å². The van der Waals surface area contributed by atoms with Crippen molar-refractivity contribution in [3.8, 4) is 5.75 Å². The summed E-state index contributed by atoms with van der Waals surface area (Å²) in [6, 6.07) is 2.00. The van der Waals surface area contributed by atoms with Crippen LogP contribution in [0.3, 0.4) is 0 Å². The Morgan fingerprint density at radius 1 is 1.47 bits per heavy atom. The van der Waals surface area contributed by atoms with Crippen LogP contribution in [0.1, 0.15) is 23.3 Å². The molecule has 0 heterocycles. The summed E-state index contributed by atoms with van der Waals surface area (Å²) in [5.74, 6) is -1.77. The molecular weight excluding hydrogens is 202 g/mol. The highest BCUT2D eigenvalue weighted by Crippen LogP contribution is 2.30. The lowest BCUT2D eigenvalue weighted by atomic mass is 10.1. The maximum absolute atomic E-state index is 10.5. The van der Waals surface area contributed by atoms with E-state index in [4.69, 9.17) is 5.11 Å². The number of hydrogen-bond donors (Lipinski definition) is 2. The third-order valence-corrected chi connectivity index (χ3v) is 1.72. The summed E-state index contributed by atoms with van der Waals surface area (Å²) < 4.78 is 0. The molecule has 1 rings (SSSR count). The van der Waals surface area contributed by atoms with Crippen LogP contribution in [0.15, 0.2) is 12.1 Å². The van der Waals surface area contributed by atoms with Gasteiger partial charge < -0.3 is 10.2 Å². The van der Waals surface area contributed by atoms with Gasteiger partial charge in [-0.1, -0.05) is 7.43 Å². The summed E-state index contributed by atoms with van der Waals surface area (Å²) in [7, 11) is 0. The maximum atomic E-state index is 10.5. The van der Waals surface area contributed by atoms with Gasteiger partial charge in [0.15, 0.2) is 5.75 Å². The van der Waals surface area contributed by atoms with Crippen molar-refractivity contribution in [2.24, 2.45) is 0 Å². The van der Waals surface area contributed by atoms with Gasteiger partial charge in [0.25, 0.3) is 0 Å². The molecule has 0 saturated heterocycles. The number of carbonyl (C=O) groups is 1. The van der Waals surface area contributed by atoms with Crippen molar-refractivity contribution in [2.75, 3.05) is 0 Å². The van der Waals surface area contributed by atoms with Crippen molar-refractivity contribution in [1.82, 2.24) is 0 Å². The van der Waals surface area contributed by atoms with Crippen LogP contribution >= 0.6 is 0 Å². The molecule has 0 aliphatic heterocycles. The number of hydrogen-bond acceptors (Lipinski definition) is 4. The minimum Gasteiger partial charge on any atom is -0.502 e. The Morgan fingerprint density at radius 2 is 2.00 bits per heavy atom. The molecule has 0 aromatic heterocycles. The number of rotatable bonds is 2. The van der Waals surface area contributed by atoms with Crippen molar-refractivity contribution in [2.45, 2.75) is 14.4 Å². The molecule has 0 atom stereocenters. The molecule has 2 N–H and O–H groups in total. The Bertz CT molecular complexity index is 413. The Labute approximate surface area is 85.9 Å². The molecule has 0 spiro atoms. The second-order valence-electron chi connectivity index (χ2n) is 2.72. The lowest BCUT2D eigenvalue weighted by Crippen LogP contribution is -1.99. The summed E-state index contributed by atoms with van der Waals surface area (Å²) in [4.78, 5) is 20.1. The number of aromatic hydroxyl groups is 1. The standard InChI is InChI=1S/C8H7NO5.CH4/c1-4-2-5(8(11)12)3-6(7(4)10)9(13)14;/h2-3,10H,1H3,(H,11,12);1H4. The molecule has 0 saturated carbocycles. The van der Waals surface area contributed by atoms with Gasteiger partial charge in [-0.3, -0.25) is 10.1 Å². The maximum Gasteiger partial charge on any atom is 0.335 e. The third-order valence-electron chi connectivity index (χ3n) is 1.72. The summed E-state index contributed by atoms with van der Waals surface area (Å²) in [5.41, 5.74) is -0.647. The predicted molar refractivity (Wildman–Crippen MR) is 53.2 cm³/mol. The molecular formula is C9H11NO5. The topological polar surface area (TPSA) is 101 Å². The van der Waals surface area contributed by atoms with E-state index in [9.17, 15) is 20.0 Å². The van der Waals surface area contributed by atoms with Gasteiger partial charge in [0.1, 0.15) is 0 Å². The summed E-state index contributed by atoms with van der Waals surface area (Å²) >= 11 is 0. The minimum absolute atomic E-state index is 0. The number of nitro benzene ring substituents is 1. The molecule has 0 aliphatic carbocycles. The fraction of sp³-hybridized carbons (Fsp3) is 0.222. The van der Waals surface area contributed by atoms with Gasteiger partial charge in [-0.25, -0.2) is 4.79 Å². The molecule has 0 fully saturated rings. The molecule has 82 valence electrons. The van der Waals surface area contributed by atoms with E-state index < -0.39 is 22.3 Å². The number of carboxylic acid groups (broad SMARTS) is 1. The SMILES string of the molecule is C.Cc1cc(C(=O)O)cc([N+](=O)[O-])c1O. The zero-order chi connectivity index (χ0) is 10.9. The summed E-state index contributed by atoms with van der Waals surface area (Å²) in [6.07, 6.45) is 0. The van der Waals surface area contributed by atoms with Gasteiger partial charge in [0, 0.05) is 6.07 Å². The van der Waals surface area contributed by atoms with Crippen molar-refractivity contribution < 1.29 is 19.9 Å². The van der Waals surface area contributed by atoms with Crippen LogP contribution < -0.4 is 0 Å². The molecule has 1 aromatic rings. The quantitative estimate of drug-likeness (QED) is 0.577. The number of aromatic carboxylic acids is 1. The second kappa shape index (κ2) is 4.41. The second-order valence-corrected chi connectivity index (χ2v) is 2.72. The number of aryl methyl sites for hydroxylation is 1. The fourth-order valence-corrected chi connectivity index (χ4v) is 1.02. The molecule has 1 aromatic carbocycles. The highest BCUT2D eigenvalue weighted by Gasteiger charge is 2.19. The average Bonchev–Trinajstić information content (AvgIpc) is 2.08. The molecule has 15 heavy (non-hydrogen) atoms. The van der Waals surface area contributed by atoms with E-state index in [1.165, 1.54) is 13.0 Å². The first-order valence-corrected chi connectivity index (χ1v) is 3.64. The summed E-state index contributed by atoms with van der Waals surface area (Å²) in [5, 5.41) is 28.2. The molecule has 6 nitrogen and oxygen atoms in total. The minimum atomic E-state index is -1.27. The Kier molecular flexibility index (Phi) is 3.79. The van der Waals surface area contributed by atoms with Crippen LogP contribution in [-0.4, -0.2) is 21.1 Å². The van der Waals surface area contributed by atoms with Crippen molar-refractivity contribution in [1.29, 1.82) is 0 Å². The number of carboxylic acids is 1. The summed E-state index contributed by atoms with van der Waals surface area (Å²) in [6.45, 7) is 1.40. The molecule has 0 amide bonds. The lowest BCUT2D eigenvalue weighted by Gasteiger charge is -2.01. The Morgan fingerprint density at radius 3 is 2.40 bits per heavy atom. The fourth-order valence-electron chi connectivity index (χ4n) is 1.02. The van der Waals surface area contributed by atoms with Crippen LogP contribution in [0.4, 0.5) is 5.69 Å². The number of nitrogens with zero attached hydrogens (tertiary/aromatic N) is 1. The zero-order valence-electron chi connectivity index (χ0n) is 7.22. The molecule has 0 radical (unpaired) electrons. The molecule has 0 aliphatic rings. The van der Waals surface area contributed by atoms with Crippen LogP contribution in [0.2, 0.25) is 0 Å². The van der Waals surface area contributed by atoms with Gasteiger partial charge >= 0.3 is 11.7 Å². The number of phenols is 1. The van der Waals surface area contributed by atoms with E-state index in [0.717, 1.165) is 6.07 Å². The van der Waals surface area contributed by atoms with E-state index in [0.29, 0.717) is 0 Å². The highest BCUT2D eigenvalue weighted by atomic mass is 16.6. The van der Waals surface area contributed by atoms with Crippen molar-refractivity contribution in [3.05, 3.63) is 33.4 Å². The van der Waals surface area contributed by atoms with Crippen LogP contribution in [0.25, 0.3) is 0 Å². The van der Waals surface area contributed by atoms with Crippen molar-refractivity contribution >= 4 is 11.7 Å². The highest BCUT2D eigenvalue weighted by molar-refractivity contribution is 5.89. The largest absolute Gasteiger partial charge is 0.502 e. The Balaban J connectivity index is 0.00000196.